The van der Waals surface area contributed by atoms with Crippen LogP contribution in [0.25, 0.3) is 11.1 Å². The predicted molar refractivity (Wildman–Crippen MR) is 75.6 cm³/mol. The molecule has 0 nitrogen and oxygen atoms in total. The van der Waals surface area contributed by atoms with Crippen molar-refractivity contribution in [3.63, 3.8) is 0 Å². The maximum atomic E-state index is 2.27. The largest absolute Gasteiger partial charge is 0.0587 e. The lowest BCUT2D eigenvalue weighted by Crippen LogP contribution is -1.92. The normalized spacial score (nSPS) is 10.6. The van der Waals surface area contributed by atoms with E-state index in [-0.39, 0.29) is 0 Å². The zero-order valence-electron chi connectivity index (χ0n) is 11.4. The van der Waals surface area contributed by atoms with Crippen LogP contribution in [0.5, 0.6) is 0 Å². The summed E-state index contributed by atoms with van der Waals surface area (Å²) in [5.74, 6) is 0. The van der Waals surface area contributed by atoms with E-state index in [0.717, 1.165) is 0 Å². The van der Waals surface area contributed by atoms with Crippen LogP contribution in [0, 0.1) is 34.6 Å². The SMILES string of the molecule is Cc1ccc(-c2c(C)cc(C)cc2C)c(C)c1. The monoisotopic (exact) mass is 224 g/mol. The van der Waals surface area contributed by atoms with E-state index in [0.29, 0.717) is 0 Å². The molecule has 0 spiro atoms. The first-order valence-electron chi connectivity index (χ1n) is 6.14. The Hall–Kier alpha value is -1.56. The molecule has 0 saturated heterocycles. The molecular weight excluding hydrogens is 204 g/mol. The van der Waals surface area contributed by atoms with Crippen molar-refractivity contribution in [1.82, 2.24) is 0 Å². The highest BCUT2D eigenvalue weighted by molar-refractivity contribution is 5.74. The molecule has 0 atom stereocenters. The smallest absolute Gasteiger partial charge is 0.0123 e. The van der Waals surface area contributed by atoms with Crippen molar-refractivity contribution in [2.75, 3.05) is 0 Å². The molecule has 0 heterocycles. The summed E-state index contributed by atoms with van der Waals surface area (Å²) in [6, 6.07) is 11.2. The second-order valence-electron chi connectivity index (χ2n) is 5.09. The van der Waals surface area contributed by atoms with Gasteiger partial charge in [0.15, 0.2) is 0 Å². The molecule has 88 valence electrons. The van der Waals surface area contributed by atoms with Crippen LogP contribution in [0.4, 0.5) is 0 Å². The van der Waals surface area contributed by atoms with E-state index in [9.17, 15) is 0 Å². The van der Waals surface area contributed by atoms with Crippen LogP contribution in [0.2, 0.25) is 0 Å². The molecule has 0 aliphatic heterocycles. The van der Waals surface area contributed by atoms with Gasteiger partial charge >= 0.3 is 0 Å². The fourth-order valence-electron chi connectivity index (χ4n) is 2.70. The highest BCUT2D eigenvalue weighted by Crippen LogP contribution is 2.31. The maximum Gasteiger partial charge on any atom is -0.0123 e. The highest BCUT2D eigenvalue weighted by Gasteiger charge is 2.08. The minimum absolute atomic E-state index is 1.33. The molecule has 0 unspecified atom stereocenters. The molecule has 0 aliphatic rings. The van der Waals surface area contributed by atoms with Crippen LogP contribution >= 0.6 is 0 Å². The molecule has 0 radical (unpaired) electrons. The number of hydrogen-bond donors (Lipinski definition) is 0. The summed E-state index contributed by atoms with van der Waals surface area (Å²) >= 11 is 0. The third-order valence-electron chi connectivity index (χ3n) is 3.33. The van der Waals surface area contributed by atoms with Crippen LogP contribution in [0.1, 0.15) is 27.8 Å². The molecule has 2 aromatic carbocycles. The van der Waals surface area contributed by atoms with Gasteiger partial charge in [0.2, 0.25) is 0 Å². The Morgan fingerprint density at radius 2 is 1.12 bits per heavy atom. The minimum Gasteiger partial charge on any atom is -0.0587 e. The molecule has 0 heteroatoms. The van der Waals surface area contributed by atoms with Crippen molar-refractivity contribution in [2.45, 2.75) is 34.6 Å². The summed E-state index contributed by atoms with van der Waals surface area (Å²) < 4.78 is 0. The zero-order chi connectivity index (χ0) is 12.6. The molecule has 0 saturated carbocycles. The second kappa shape index (κ2) is 4.37. The van der Waals surface area contributed by atoms with E-state index in [1.807, 2.05) is 0 Å². The molecule has 2 aromatic rings. The Bertz CT molecular complexity index is 539. The summed E-state index contributed by atoms with van der Waals surface area (Å²) in [6.45, 7) is 10.9. The van der Waals surface area contributed by atoms with E-state index in [1.165, 1.54) is 38.9 Å². The fourth-order valence-corrected chi connectivity index (χ4v) is 2.70. The molecular formula is C17H20. The molecule has 0 bridgehead atoms. The van der Waals surface area contributed by atoms with Gasteiger partial charge in [-0.15, -0.1) is 0 Å². The number of rotatable bonds is 1. The van der Waals surface area contributed by atoms with Crippen LogP contribution in [0.15, 0.2) is 30.3 Å². The van der Waals surface area contributed by atoms with Crippen molar-refractivity contribution in [3.05, 3.63) is 58.1 Å². The van der Waals surface area contributed by atoms with E-state index < -0.39 is 0 Å². The standard InChI is InChI=1S/C17H20/c1-11-6-7-16(13(3)8-11)17-14(4)9-12(2)10-15(17)5/h6-10H,1-5H3. The minimum atomic E-state index is 1.33. The van der Waals surface area contributed by atoms with Crippen molar-refractivity contribution in [1.29, 1.82) is 0 Å². The molecule has 2 rings (SSSR count). The zero-order valence-corrected chi connectivity index (χ0v) is 11.4. The van der Waals surface area contributed by atoms with Gasteiger partial charge in [-0.3, -0.25) is 0 Å². The van der Waals surface area contributed by atoms with Crippen LogP contribution in [-0.2, 0) is 0 Å². The number of benzene rings is 2. The third-order valence-corrected chi connectivity index (χ3v) is 3.33. The van der Waals surface area contributed by atoms with Gasteiger partial charge in [0.05, 0.1) is 0 Å². The van der Waals surface area contributed by atoms with Gasteiger partial charge in [0.1, 0.15) is 0 Å². The van der Waals surface area contributed by atoms with E-state index >= 15 is 0 Å². The summed E-state index contributed by atoms with van der Waals surface area (Å²) in [5, 5.41) is 0. The van der Waals surface area contributed by atoms with Gasteiger partial charge in [-0.05, 0) is 62.4 Å². The quantitative estimate of drug-likeness (QED) is 0.646. The predicted octanol–water partition coefficient (Wildman–Crippen LogP) is 4.90. The van der Waals surface area contributed by atoms with Gasteiger partial charge in [-0.1, -0.05) is 41.5 Å². The Morgan fingerprint density at radius 3 is 1.65 bits per heavy atom. The molecule has 0 N–H and O–H groups in total. The Labute approximate surface area is 104 Å². The fraction of sp³-hybridized carbons (Fsp3) is 0.294. The summed E-state index contributed by atoms with van der Waals surface area (Å²) in [7, 11) is 0. The van der Waals surface area contributed by atoms with Crippen molar-refractivity contribution < 1.29 is 0 Å². The second-order valence-corrected chi connectivity index (χ2v) is 5.09. The molecule has 0 fully saturated rings. The Balaban J connectivity index is 2.68. The Kier molecular flexibility index (Phi) is 3.06. The molecule has 0 amide bonds. The van der Waals surface area contributed by atoms with Crippen molar-refractivity contribution in [2.24, 2.45) is 0 Å². The maximum absolute atomic E-state index is 2.27. The third kappa shape index (κ3) is 2.26. The summed E-state index contributed by atoms with van der Waals surface area (Å²) in [4.78, 5) is 0. The topological polar surface area (TPSA) is 0 Å². The average Bonchev–Trinajstić information content (AvgIpc) is 2.19. The van der Waals surface area contributed by atoms with Crippen LogP contribution in [0.3, 0.4) is 0 Å². The van der Waals surface area contributed by atoms with Gasteiger partial charge in [0, 0.05) is 0 Å². The van der Waals surface area contributed by atoms with E-state index in [2.05, 4.69) is 65.0 Å². The van der Waals surface area contributed by atoms with Crippen LogP contribution < -0.4 is 0 Å². The number of aryl methyl sites for hydroxylation is 5. The van der Waals surface area contributed by atoms with Gasteiger partial charge in [-0.2, -0.15) is 0 Å². The Morgan fingerprint density at radius 1 is 0.588 bits per heavy atom. The van der Waals surface area contributed by atoms with E-state index in [1.54, 1.807) is 0 Å². The average molecular weight is 224 g/mol. The summed E-state index contributed by atoms with van der Waals surface area (Å²) in [6.07, 6.45) is 0. The molecule has 0 aromatic heterocycles. The highest BCUT2D eigenvalue weighted by atomic mass is 14.1. The lowest BCUT2D eigenvalue weighted by molar-refractivity contribution is 1.30. The van der Waals surface area contributed by atoms with Gasteiger partial charge in [-0.25, -0.2) is 0 Å². The first-order chi connectivity index (χ1) is 7.99. The van der Waals surface area contributed by atoms with Crippen molar-refractivity contribution in [3.8, 4) is 11.1 Å². The van der Waals surface area contributed by atoms with Crippen molar-refractivity contribution >= 4 is 0 Å². The first-order valence-corrected chi connectivity index (χ1v) is 6.14. The van der Waals surface area contributed by atoms with Gasteiger partial charge in [0.25, 0.3) is 0 Å². The lowest BCUT2D eigenvalue weighted by Gasteiger charge is -2.14. The van der Waals surface area contributed by atoms with E-state index in [4.69, 9.17) is 0 Å². The number of hydrogen-bond acceptors (Lipinski definition) is 0. The van der Waals surface area contributed by atoms with Crippen LogP contribution in [-0.4, -0.2) is 0 Å². The van der Waals surface area contributed by atoms with Gasteiger partial charge < -0.3 is 0 Å². The first kappa shape index (κ1) is 11.9. The lowest BCUT2D eigenvalue weighted by atomic mass is 9.91. The molecule has 0 aliphatic carbocycles. The summed E-state index contributed by atoms with van der Waals surface area (Å²) in [5.41, 5.74) is 9.53. The molecule has 17 heavy (non-hydrogen) atoms.